The molecule has 0 fully saturated rings. The second-order valence-electron chi connectivity index (χ2n) is 4.75. The maximum Gasteiger partial charge on any atom is 0.310 e. The van der Waals surface area contributed by atoms with Gasteiger partial charge in [0.15, 0.2) is 0 Å². The van der Waals surface area contributed by atoms with Crippen LogP contribution < -0.4 is 0 Å². The zero-order chi connectivity index (χ0) is 15.1. The Bertz CT molecular complexity index is 476. The van der Waals surface area contributed by atoms with Crippen LogP contribution in [0.1, 0.15) is 12.5 Å². The quantitative estimate of drug-likeness (QED) is 0.597. The number of thioether (sulfide) groups is 1. The van der Waals surface area contributed by atoms with Crippen molar-refractivity contribution >= 4 is 23.6 Å². The average molecular weight is 295 g/mol. The van der Waals surface area contributed by atoms with Gasteiger partial charge in [0.25, 0.3) is 0 Å². The van der Waals surface area contributed by atoms with Crippen LogP contribution in [0.3, 0.4) is 0 Å². The van der Waals surface area contributed by atoms with Gasteiger partial charge in [-0.3, -0.25) is 9.59 Å². The topological polar surface area (TPSA) is 46.6 Å². The minimum Gasteiger partial charge on any atom is -0.469 e. The van der Waals surface area contributed by atoms with Crippen molar-refractivity contribution in [1.29, 1.82) is 0 Å². The first-order valence-corrected chi connectivity index (χ1v) is 7.44. The molecule has 0 saturated carbocycles. The Kier molecular flexibility index (Phi) is 6.58. The van der Waals surface area contributed by atoms with Crippen molar-refractivity contribution in [3.8, 4) is 0 Å². The number of esters is 1. The van der Waals surface area contributed by atoms with Crippen LogP contribution >= 0.6 is 11.8 Å². The molecule has 1 unspecified atom stereocenters. The molecule has 0 aliphatic rings. The summed E-state index contributed by atoms with van der Waals surface area (Å²) in [5.74, 6) is -0.225. The van der Waals surface area contributed by atoms with E-state index in [0.29, 0.717) is 12.3 Å². The summed E-state index contributed by atoms with van der Waals surface area (Å²) < 4.78 is 4.66. The van der Waals surface area contributed by atoms with Crippen molar-refractivity contribution in [2.75, 3.05) is 26.5 Å². The fourth-order valence-corrected chi connectivity index (χ4v) is 2.73. The summed E-state index contributed by atoms with van der Waals surface area (Å²) in [6, 6.07) is 7.97. The zero-order valence-corrected chi connectivity index (χ0v) is 13.2. The first-order valence-electron chi connectivity index (χ1n) is 6.46. The van der Waals surface area contributed by atoms with Crippen LogP contribution in [0.15, 0.2) is 29.2 Å². The second kappa shape index (κ2) is 7.94. The summed E-state index contributed by atoms with van der Waals surface area (Å²) in [7, 11) is 3.06. The second-order valence-corrected chi connectivity index (χ2v) is 5.77. The van der Waals surface area contributed by atoms with Gasteiger partial charge in [0.05, 0.1) is 18.8 Å². The maximum atomic E-state index is 12.0. The molecule has 0 bridgehead atoms. The number of hydrogen-bond donors (Lipinski definition) is 0. The smallest absolute Gasteiger partial charge is 0.310 e. The van der Waals surface area contributed by atoms with Gasteiger partial charge >= 0.3 is 5.97 Å². The van der Waals surface area contributed by atoms with Crippen molar-refractivity contribution in [2.24, 2.45) is 5.92 Å². The van der Waals surface area contributed by atoms with Crippen molar-refractivity contribution in [2.45, 2.75) is 18.7 Å². The van der Waals surface area contributed by atoms with E-state index in [2.05, 4.69) is 4.74 Å². The van der Waals surface area contributed by atoms with Gasteiger partial charge in [-0.2, -0.15) is 0 Å². The largest absolute Gasteiger partial charge is 0.469 e. The van der Waals surface area contributed by atoms with E-state index < -0.39 is 0 Å². The van der Waals surface area contributed by atoms with Gasteiger partial charge in [-0.25, -0.2) is 0 Å². The number of amides is 1. The van der Waals surface area contributed by atoms with E-state index in [4.69, 9.17) is 0 Å². The fraction of sp³-hybridized carbons (Fsp3) is 0.467. The van der Waals surface area contributed by atoms with Gasteiger partial charge in [0, 0.05) is 18.5 Å². The lowest BCUT2D eigenvalue weighted by molar-refractivity contribution is -0.145. The molecule has 1 amide bonds. The molecule has 0 spiro atoms. The zero-order valence-electron chi connectivity index (χ0n) is 12.4. The molecule has 1 aromatic rings. The normalized spacial score (nSPS) is 11.8. The minimum absolute atomic E-state index is 0.00834. The van der Waals surface area contributed by atoms with E-state index >= 15 is 0 Å². The summed E-state index contributed by atoms with van der Waals surface area (Å²) in [5.41, 5.74) is 1.16. The first-order chi connectivity index (χ1) is 9.45. The van der Waals surface area contributed by atoms with Crippen LogP contribution in [-0.2, 0) is 14.3 Å². The molecule has 0 saturated heterocycles. The van der Waals surface area contributed by atoms with E-state index in [0.717, 1.165) is 10.5 Å². The number of ether oxygens (including phenoxy) is 1. The van der Waals surface area contributed by atoms with Crippen LogP contribution in [0.5, 0.6) is 0 Å². The summed E-state index contributed by atoms with van der Waals surface area (Å²) in [6.07, 6.45) is 0. The molecule has 110 valence electrons. The lowest BCUT2D eigenvalue weighted by Crippen LogP contribution is -2.35. The van der Waals surface area contributed by atoms with Crippen LogP contribution in [0.4, 0.5) is 0 Å². The SMILES string of the molecule is COC(=O)C(C)CN(C)C(=O)CSc1ccccc1C. The summed E-state index contributed by atoms with van der Waals surface area (Å²) in [4.78, 5) is 26.0. The highest BCUT2D eigenvalue weighted by molar-refractivity contribution is 8.00. The van der Waals surface area contributed by atoms with Gasteiger partial charge in [-0.1, -0.05) is 25.1 Å². The Balaban J connectivity index is 2.46. The molecule has 0 aliphatic carbocycles. The predicted molar refractivity (Wildman–Crippen MR) is 80.7 cm³/mol. The molecule has 0 heterocycles. The number of aryl methyl sites for hydroxylation is 1. The van der Waals surface area contributed by atoms with E-state index in [1.807, 2.05) is 31.2 Å². The molecular formula is C15H21NO3S. The Morgan fingerprint density at radius 2 is 2.00 bits per heavy atom. The van der Waals surface area contributed by atoms with E-state index in [-0.39, 0.29) is 17.8 Å². The number of hydrogen-bond acceptors (Lipinski definition) is 4. The monoisotopic (exact) mass is 295 g/mol. The predicted octanol–water partition coefficient (Wildman–Crippen LogP) is 2.35. The molecular weight excluding hydrogens is 274 g/mol. The van der Waals surface area contributed by atoms with Crippen molar-refractivity contribution in [1.82, 2.24) is 4.90 Å². The highest BCUT2D eigenvalue weighted by Crippen LogP contribution is 2.22. The molecule has 0 radical (unpaired) electrons. The molecule has 1 atom stereocenters. The Morgan fingerprint density at radius 1 is 1.35 bits per heavy atom. The van der Waals surface area contributed by atoms with Crippen LogP contribution in [0, 0.1) is 12.8 Å². The minimum atomic E-state index is -0.308. The summed E-state index contributed by atoms with van der Waals surface area (Å²) >= 11 is 1.52. The Morgan fingerprint density at radius 3 is 2.60 bits per heavy atom. The van der Waals surface area contributed by atoms with E-state index in [1.54, 1.807) is 18.9 Å². The van der Waals surface area contributed by atoms with Crippen molar-refractivity contribution in [3.63, 3.8) is 0 Å². The average Bonchev–Trinajstić information content (AvgIpc) is 2.44. The van der Waals surface area contributed by atoms with Gasteiger partial charge in [-0.05, 0) is 18.6 Å². The number of carbonyl (C=O) groups is 2. The molecule has 4 nitrogen and oxygen atoms in total. The van der Waals surface area contributed by atoms with E-state index in [1.165, 1.54) is 18.9 Å². The maximum absolute atomic E-state index is 12.0. The molecule has 0 N–H and O–H groups in total. The molecule has 1 rings (SSSR count). The lowest BCUT2D eigenvalue weighted by atomic mass is 10.2. The highest BCUT2D eigenvalue weighted by Gasteiger charge is 2.18. The molecule has 0 aromatic heterocycles. The van der Waals surface area contributed by atoms with Crippen molar-refractivity contribution < 1.29 is 14.3 Å². The molecule has 5 heteroatoms. The Hall–Kier alpha value is -1.49. The number of methoxy groups -OCH3 is 1. The third-order valence-electron chi connectivity index (χ3n) is 3.02. The van der Waals surface area contributed by atoms with Gasteiger partial charge in [0.1, 0.15) is 0 Å². The first kappa shape index (κ1) is 16.6. The van der Waals surface area contributed by atoms with Gasteiger partial charge in [0.2, 0.25) is 5.91 Å². The number of benzene rings is 1. The molecule has 20 heavy (non-hydrogen) atoms. The highest BCUT2D eigenvalue weighted by atomic mass is 32.2. The fourth-order valence-electron chi connectivity index (χ4n) is 1.76. The number of carbonyl (C=O) groups excluding carboxylic acids is 2. The van der Waals surface area contributed by atoms with Crippen LogP contribution in [-0.4, -0.2) is 43.2 Å². The third-order valence-corrected chi connectivity index (χ3v) is 4.18. The van der Waals surface area contributed by atoms with Crippen molar-refractivity contribution in [3.05, 3.63) is 29.8 Å². The van der Waals surface area contributed by atoms with E-state index in [9.17, 15) is 9.59 Å². The lowest BCUT2D eigenvalue weighted by Gasteiger charge is -2.20. The Labute approximate surface area is 124 Å². The molecule has 1 aromatic carbocycles. The number of rotatable bonds is 6. The van der Waals surface area contributed by atoms with Crippen LogP contribution in [0.2, 0.25) is 0 Å². The summed E-state index contributed by atoms with van der Waals surface area (Å²) in [6.45, 7) is 4.15. The third kappa shape index (κ3) is 4.89. The van der Waals surface area contributed by atoms with Crippen LogP contribution in [0.25, 0.3) is 0 Å². The molecule has 0 aliphatic heterocycles. The standard InChI is InChI=1S/C15H21NO3S/c1-11-7-5-6-8-13(11)20-10-14(17)16(3)9-12(2)15(18)19-4/h5-8,12H,9-10H2,1-4H3. The van der Waals surface area contributed by atoms with Gasteiger partial charge < -0.3 is 9.64 Å². The number of nitrogens with zero attached hydrogens (tertiary/aromatic N) is 1. The van der Waals surface area contributed by atoms with Gasteiger partial charge in [-0.15, -0.1) is 11.8 Å². The summed E-state index contributed by atoms with van der Waals surface area (Å²) in [5, 5.41) is 0.